The summed E-state index contributed by atoms with van der Waals surface area (Å²) >= 11 is 0. The van der Waals surface area contributed by atoms with Crippen LogP contribution in [0.2, 0.25) is 0 Å². The summed E-state index contributed by atoms with van der Waals surface area (Å²) in [6.07, 6.45) is -2.34. The number of rotatable bonds is 2. The van der Waals surface area contributed by atoms with Gasteiger partial charge in [-0.05, 0) is 49.9 Å². The third-order valence-electron chi connectivity index (χ3n) is 5.06. The van der Waals surface area contributed by atoms with Crippen LogP contribution in [-0.2, 0) is 17.5 Å². The lowest BCUT2D eigenvalue weighted by molar-refractivity contribution is -0.143. The van der Waals surface area contributed by atoms with Crippen LogP contribution in [0.25, 0.3) is 0 Å². The van der Waals surface area contributed by atoms with Crippen LogP contribution in [0.15, 0.2) is 18.2 Å². The fraction of sp³-hybridized carbons (Fsp3) is 0.588. The second kappa shape index (κ2) is 5.82. The van der Waals surface area contributed by atoms with E-state index >= 15 is 0 Å². The SMILES string of the molecule is Cc1ccc(C(F)(F)F)cc1CN1C[C@H]2CCCN2C(=O)[C@H]1C. The summed E-state index contributed by atoms with van der Waals surface area (Å²) in [6.45, 7) is 5.59. The van der Waals surface area contributed by atoms with Crippen molar-refractivity contribution < 1.29 is 18.0 Å². The first-order valence-electron chi connectivity index (χ1n) is 7.98. The minimum atomic E-state index is -4.34. The van der Waals surface area contributed by atoms with Gasteiger partial charge in [-0.25, -0.2) is 0 Å². The summed E-state index contributed by atoms with van der Waals surface area (Å²) in [5.74, 6) is 0.100. The summed E-state index contributed by atoms with van der Waals surface area (Å²) in [6, 6.07) is 3.77. The molecule has 126 valence electrons. The Morgan fingerprint density at radius 1 is 1.30 bits per heavy atom. The molecule has 2 atom stereocenters. The average Bonchev–Trinajstić information content (AvgIpc) is 2.94. The molecule has 3 nitrogen and oxygen atoms in total. The molecule has 2 aliphatic rings. The first-order chi connectivity index (χ1) is 10.8. The van der Waals surface area contributed by atoms with Crippen molar-refractivity contribution in [2.45, 2.75) is 51.5 Å². The molecule has 2 heterocycles. The molecule has 1 aromatic carbocycles. The number of fused-ring (bicyclic) bond motifs is 1. The molecule has 3 rings (SSSR count). The van der Waals surface area contributed by atoms with Gasteiger partial charge in [0.05, 0.1) is 11.6 Å². The number of amides is 1. The highest BCUT2D eigenvalue weighted by atomic mass is 19.4. The van der Waals surface area contributed by atoms with E-state index in [1.807, 2.05) is 23.6 Å². The fourth-order valence-corrected chi connectivity index (χ4v) is 3.58. The predicted molar refractivity (Wildman–Crippen MR) is 80.8 cm³/mol. The molecule has 23 heavy (non-hydrogen) atoms. The molecule has 1 aromatic rings. The maximum absolute atomic E-state index is 12.9. The number of alkyl halides is 3. The van der Waals surface area contributed by atoms with Gasteiger partial charge >= 0.3 is 6.18 Å². The maximum atomic E-state index is 12.9. The quantitative estimate of drug-likeness (QED) is 0.833. The van der Waals surface area contributed by atoms with Crippen molar-refractivity contribution in [2.24, 2.45) is 0 Å². The van der Waals surface area contributed by atoms with Gasteiger partial charge in [0.2, 0.25) is 5.91 Å². The lowest BCUT2D eigenvalue weighted by atomic mass is 10.0. The van der Waals surface area contributed by atoms with E-state index in [4.69, 9.17) is 0 Å². The van der Waals surface area contributed by atoms with Crippen LogP contribution in [0, 0.1) is 6.92 Å². The number of benzene rings is 1. The topological polar surface area (TPSA) is 23.6 Å². The maximum Gasteiger partial charge on any atom is 0.416 e. The molecule has 0 unspecified atom stereocenters. The lowest BCUT2D eigenvalue weighted by Gasteiger charge is -2.41. The summed E-state index contributed by atoms with van der Waals surface area (Å²) in [5, 5.41) is 0. The zero-order valence-corrected chi connectivity index (χ0v) is 13.4. The van der Waals surface area contributed by atoms with Gasteiger partial charge in [-0.2, -0.15) is 13.2 Å². The van der Waals surface area contributed by atoms with Crippen LogP contribution in [0.3, 0.4) is 0 Å². The van der Waals surface area contributed by atoms with E-state index < -0.39 is 11.7 Å². The van der Waals surface area contributed by atoms with Gasteiger partial charge in [0.25, 0.3) is 0 Å². The Balaban J connectivity index is 1.82. The largest absolute Gasteiger partial charge is 0.416 e. The molecule has 0 spiro atoms. The van der Waals surface area contributed by atoms with Gasteiger partial charge in [0.1, 0.15) is 0 Å². The van der Waals surface area contributed by atoms with Crippen molar-refractivity contribution in [2.75, 3.05) is 13.1 Å². The first-order valence-corrected chi connectivity index (χ1v) is 7.98. The Morgan fingerprint density at radius 3 is 2.74 bits per heavy atom. The zero-order chi connectivity index (χ0) is 16.8. The average molecular weight is 326 g/mol. The van der Waals surface area contributed by atoms with Crippen molar-refractivity contribution in [3.05, 3.63) is 34.9 Å². The predicted octanol–water partition coefficient (Wildman–Crippen LogP) is 3.21. The van der Waals surface area contributed by atoms with Crippen LogP contribution >= 0.6 is 0 Å². The zero-order valence-electron chi connectivity index (χ0n) is 13.4. The second-order valence-corrected chi connectivity index (χ2v) is 6.57. The molecule has 0 aromatic heterocycles. The molecule has 0 radical (unpaired) electrons. The van der Waals surface area contributed by atoms with Crippen molar-refractivity contribution in [1.82, 2.24) is 9.80 Å². The van der Waals surface area contributed by atoms with Crippen LogP contribution in [-0.4, -0.2) is 40.9 Å². The highest BCUT2D eigenvalue weighted by molar-refractivity contribution is 5.83. The summed E-state index contributed by atoms with van der Waals surface area (Å²) in [5.41, 5.74) is 0.842. The molecule has 0 N–H and O–H groups in total. The number of aryl methyl sites for hydroxylation is 1. The van der Waals surface area contributed by atoms with Gasteiger partial charge in [-0.15, -0.1) is 0 Å². The number of hydrogen-bond acceptors (Lipinski definition) is 2. The Morgan fingerprint density at radius 2 is 2.04 bits per heavy atom. The molecule has 2 saturated heterocycles. The van der Waals surface area contributed by atoms with E-state index in [0.717, 1.165) is 37.6 Å². The molecular weight excluding hydrogens is 305 g/mol. The highest BCUT2D eigenvalue weighted by Gasteiger charge is 2.40. The number of carbonyl (C=O) groups is 1. The molecule has 0 bridgehead atoms. The minimum absolute atomic E-state index is 0.100. The second-order valence-electron chi connectivity index (χ2n) is 6.57. The number of carbonyl (C=O) groups excluding carboxylic acids is 1. The van der Waals surface area contributed by atoms with Gasteiger partial charge in [0.15, 0.2) is 0 Å². The molecular formula is C17H21F3N2O. The van der Waals surface area contributed by atoms with Crippen molar-refractivity contribution in [3.8, 4) is 0 Å². The Hall–Kier alpha value is -1.56. The first kappa shape index (κ1) is 16.3. The van der Waals surface area contributed by atoms with Crippen LogP contribution < -0.4 is 0 Å². The minimum Gasteiger partial charge on any atom is -0.337 e. The van der Waals surface area contributed by atoms with E-state index in [1.165, 1.54) is 12.1 Å². The summed E-state index contributed by atoms with van der Waals surface area (Å²) < 4.78 is 38.8. The number of piperazine rings is 1. The van der Waals surface area contributed by atoms with Crippen LogP contribution in [0.5, 0.6) is 0 Å². The molecule has 6 heteroatoms. The molecule has 0 aliphatic carbocycles. The molecule has 1 amide bonds. The van der Waals surface area contributed by atoms with Crippen LogP contribution in [0.1, 0.15) is 36.5 Å². The van der Waals surface area contributed by atoms with Crippen molar-refractivity contribution >= 4 is 5.91 Å². The van der Waals surface area contributed by atoms with Crippen molar-refractivity contribution in [3.63, 3.8) is 0 Å². The third-order valence-corrected chi connectivity index (χ3v) is 5.06. The highest BCUT2D eigenvalue weighted by Crippen LogP contribution is 2.32. The monoisotopic (exact) mass is 326 g/mol. The standard InChI is InChI=1S/C17H21F3N2O/c1-11-5-6-14(17(18,19)20)8-13(11)9-21-10-15-4-3-7-22(15)16(23)12(21)2/h5-6,8,12,15H,3-4,7,9-10H2,1-2H3/t12-,15-/m1/s1. The van der Waals surface area contributed by atoms with E-state index in [0.29, 0.717) is 12.1 Å². The molecule has 0 saturated carbocycles. The number of hydrogen-bond donors (Lipinski definition) is 0. The number of halogens is 3. The van der Waals surface area contributed by atoms with E-state index in [-0.39, 0.29) is 18.0 Å². The fourth-order valence-electron chi connectivity index (χ4n) is 3.58. The molecule has 2 fully saturated rings. The smallest absolute Gasteiger partial charge is 0.337 e. The Kier molecular flexibility index (Phi) is 4.12. The normalized spacial score (nSPS) is 25.8. The third kappa shape index (κ3) is 3.09. The Labute approximate surface area is 134 Å². The van der Waals surface area contributed by atoms with Crippen LogP contribution in [0.4, 0.5) is 13.2 Å². The Bertz CT molecular complexity index is 614. The summed E-state index contributed by atoms with van der Waals surface area (Å²) in [4.78, 5) is 16.4. The van der Waals surface area contributed by atoms with E-state index in [1.54, 1.807) is 0 Å². The van der Waals surface area contributed by atoms with Gasteiger partial charge in [-0.3, -0.25) is 9.69 Å². The van der Waals surface area contributed by atoms with E-state index in [9.17, 15) is 18.0 Å². The van der Waals surface area contributed by atoms with Crippen molar-refractivity contribution in [1.29, 1.82) is 0 Å². The lowest BCUT2D eigenvalue weighted by Crippen LogP contribution is -2.58. The van der Waals surface area contributed by atoms with Gasteiger partial charge < -0.3 is 4.90 Å². The van der Waals surface area contributed by atoms with E-state index in [2.05, 4.69) is 0 Å². The summed E-state index contributed by atoms with van der Waals surface area (Å²) in [7, 11) is 0. The number of nitrogens with zero attached hydrogens (tertiary/aromatic N) is 2. The van der Waals surface area contributed by atoms with Gasteiger partial charge in [0, 0.05) is 25.7 Å². The molecule has 2 aliphatic heterocycles. The van der Waals surface area contributed by atoms with Gasteiger partial charge in [-0.1, -0.05) is 6.07 Å².